The van der Waals surface area contributed by atoms with Gasteiger partial charge in [0.25, 0.3) is 0 Å². The van der Waals surface area contributed by atoms with Crippen LogP contribution in [-0.4, -0.2) is 19.2 Å². The molecule has 0 saturated heterocycles. The normalized spacial score (nSPS) is 11.0. The Kier molecular flexibility index (Phi) is 6.38. The number of nitrogens with one attached hydrogen (secondary N) is 1. The molecule has 0 radical (unpaired) electrons. The summed E-state index contributed by atoms with van der Waals surface area (Å²) in [7, 11) is 1.24. The number of amides is 1. The molecule has 136 valence electrons. The van der Waals surface area contributed by atoms with Crippen molar-refractivity contribution < 1.29 is 19.1 Å². The van der Waals surface area contributed by atoms with E-state index in [-0.39, 0.29) is 12.3 Å². The van der Waals surface area contributed by atoms with Crippen molar-refractivity contribution in [3.63, 3.8) is 0 Å². The zero-order chi connectivity index (χ0) is 19.1. The van der Waals surface area contributed by atoms with E-state index in [4.69, 9.17) is 15.2 Å². The number of rotatable bonds is 5. The van der Waals surface area contributed by atoms with Gasteiger partial charge in [-0.3, -0.25) is 5.32 Å². The van der Waals surface area contributed by atoms with Crippen molar-refractivity contribution in [1.82, 2.24) is 5.32 Å². The summed E-state index contributed by atoms with van der Waals surface area (Å²) in [5, 5.41) is 2.43. The second-order valence-electron chi connectivity index (χ2n) is 5.80. The molecule has 0 saturated carbocycles. The van der Waals surface area contributed by atoms with Gasteiger partial charge in [-0.15, -0.1) is 0 Å². The third-order valence-corrected chi connectivity index (χ3v) is 3.78. The summed E-state index contributed by atoms with van der Waals surface area (Å²) >= 11 is 0. The number of nitrogens with two attached hydrogens (primary N) is 1. The fraction of sp³-hybridized carbons (Fsp3) is 0.200. The molecule has 0 atom stereocenters. The van der Waals surface area contributed by atoms with Crippen molar-refractivity contribution in [3.8, 4) is 0 Å². The molecule has 2 aromatic rings. The van der Waals surface area contributed by atoms with Crippen molar-refractivity contribution in [1.29, 1.82) is 0 Å². The zero-order valence-electron chi connectivity index (χ0n) is 15.0. The molecule has 0 unspecified atom stereocenters. The first-order chi connectivity index (χ1) is 12.4. The van der Waals surface area contributed by atoms with E-state index in [2.05, 4.69) is 5.32 Å². The number of hydrogen-bond donors (Lipinski definition) is 2. The number of aryl methyl sites for hydroxylation is 2. The summed E-state index contributed by atoms with van der Waals surface area (Å²) in [5.74, 6) is -0.672. The number of methoxy groups -OCH3 is 1. The van der Waals surface area contributed by atoms with Crippen molar-refractivity contribution in [3.05, 3.63) is 70.4 Å². The smallest absolute Gasteiger partial charge is 0.412 e. The first kappa shape index (κ1) is 19.1. The summed E-state index contributed by atoms with van der Waals surface area (Å²) in [6, 6.07) is 12.9. The Hall–Kier alpha value is -3.28. The van der Waals surface area contributed by atoms with Crippen LogP contribution >= 0.6 is 0 Å². The summed E-state index contributed by atoms with van der Waals surface area (Å²) in [6.45, 7) is 3.85. The van der Waals surface area contributed by atoms with E-state index in [0.29, 0.717) is 5.69 Å². The van der Waals surface area contributed by atoms with Gasteiger partial charge in [-0.1, -0.05) is 30.3 Å². The molecule has 6 nitrogen and oxygen atoms in total. The van der Waals surface area contributed by atoms with Crippen LogP contribution in [0, 0.1) is 13.8 Å². The number of carbonyl (C=O) groups excluding carboxylic acids is 2. The fourth-order valence-corrected chi connectivity index (χ4v) is 2.38. The molecule has 3 N–H and O–H groups in total. The van der Waals surface area contributed by atoms with Gasteiger partial charge in [-0.25, -0.2) is 9.59 Å². The second-order valence-corrected chi connectivity index (χ2v) is 5.80. The van der Waals surface area contributed by atoms with Crippen LogP contribution in [0.15, 0.2) is 48.2 Å². The molecule has 0 aliphatic carbocycles. The van der Waals surface area contributed by atoms with Crippen molar-refractivity contribution in [2.24, 2.45) is 0 Å². The molecule has 6 heteroatoms. The van der Waals surface area contributed by atoms with E-state index in [9.17, 15) is 9.59 Å². The Balaban J connectivity index is 2.14. The van der Waals surface area contributed by atoms with Crippen molar-refractivity contribution in [2.75, 3.05) is 12.8 Å². The first-order valence-electron chi connectivity index (χ1n) is 8.05. The number of anilines is 1. The SMILES string of the molecule is COC(=O)/C(=C/c1cc(C)c(N)c(C)c1)NC(=O)OCc1ccccc1. The van der Waals surface area contributed by atoms with Gasteiger partial charge in [0.05, 0.1) is 7.11 Å². The maximum Gasteiger partial charge on any atom is 0.412 e. The van der Waals surface area contributed by atoms with Crippen molar-refractivity contribution in [2.45, 2.75) is 20.5 Å². The molecule has 26 heavy (non-hydrogen) atoms. The lowest BCUT2D eigenvalue weighted by atomic mass is 10.0. The van der Waals surface area contributed by atoms with E-state index in [1.165, 1.54) is 13.2 Å². The molecule has 0 aliphatic rings. The number of alkyl carbamates (subject to hydrolysis) is 1. The van der Waals surface area contributed by atoms with E-state index in [0.717, 1.165) is 22.3 Å². The fourth-order valence-electron chi connectivity index (χ4n) is 2.38. The van der Waals surface area contributed by atoms with Gasteiger partial charge in [0, 0.05) is 5.69 Å². The average molecular weight is 354 g/mol. The van der Waals surface area contributed by atoms with Crippen LogP contribution in [0.1, 0.15) is 22.3 Å². The van der Waals surface area contributed by atoms with E-state index >= 15 is 0 Å². The van der Waals surface area contributed by atoms with Crippen LogP contribution in [-0.2, 0) is 20.9 Å². The maximum atomic E-state index is 12.0. The molecule has 0 bridgehead atoms. The summed E-state index contributed by atoms with van der Waals surface area (Å²) in [4.78, 5) is 24.0. The molecule has 0 aromatic heterocycles. The third-order valence-electron chi connectivity index (χ3n) is 3.78. The van der Waals surface area contributed by atoms with Gasteiger partial charge in [0.2, 0.25) is 0 Å². The largest absolute Gasteiger partial charge is 0.464 e. The van der Waals surface area contributed by atoms with E-state index in [1.807, 2.05) is 56.3 Å². The van der Waals surface area contributed by atoms with Gasteiger partial charge in [0.15, 0.2) is 0 Å². The minimum absolute atomic E-state index is 0.0193. The Morgan fingerprint density at radius 1 is 1.12 bits per heavy atom. The molecular formula is C20H22N2O4. The highest BCUT2D eigenvalue weighted by Crippen LogP contribution is 2.20. The molecule has 0 aliphatic heterocycles. The molecule has 2 aromatic carbocycles. The lowest BCUT2D eigenvalue weighted by Gasteiger charge is -2.11. The lowest BCUT2D eigenvalue weighted by Crippen LogP contribution is -2.28. The average Bonchev–Trinajstić information content (AvgIpc) is 2.64. The summed E-state index contributed by atoms with van der Waals surface area (Å²) < 4.78 is 9.87. The highest BCUT2D eigenvalue weighted by Gasteiger charge is 2.15. The minimum Gasteiger partial charge on any atom is -0.464 e. The van der Waals surface area contributed by atoms with Crippen LogP contribution in [0.3, 0.4) is 0 Å². The van der Waals surface area contributed by atoms with E-state index in [1.54, 1.807) is 0 Å². The number of ether oxygens (including phenoxy) is 2. The maximum absolute atomic E-state index is 12.0. The Bertz CT molecular complexity index is 806. The van der Waals surface area contributed by atoms with Crippen molar-refractivity contribution >= 4 is 23.8 Å². The quantitative estimate of drug-likeness (QED) is 0.488. The Labute approximate surface area is 152 Å². The van der Waals surface area contributed by atoms with Crippen LogP contribution in [0.2, 0.25) is 0 Å². The van der Waals surface area contributed by atoms with Gasteiger partial charge in [0.1, 0.15) is 12.3 Å². The molecule has 0 spiro atoms. The van der Waals surface area contributed by atoms with E-state index < -0.39 is 12.1 Å². The first-order valence-corrected chi connectivity index (χ1v) is 8.05. The van der Waals surface area contributed by atoms with Gasteiger partial charge >= 0.3 is 12.1 Å². The van der Waals surface area contributed by atoms with Gasteiger partial charge in [-0.2, -0.15) is 0 Å². The summed E-state index contributed by atoms with van der Waals surface area (Å²) in [5.41, 5.74) is 9.94. The number of nitrogen functional groups attached to an aromatic ring is 1. The second kappa shape index (κ2) is 8.71. The lowest BCUT2D eigenvalue weighted by molar-refractivity contribution is -0.136. The number of hydrogen-bond acceptors (Lipinski definition) is 5. The number of carbonyl (C=O) groups is 2. The van der Waals surface area contributed by atoms with Gasteiger partial charge in [-0.05, 0) is 54.3 Å². The van der Waals surface area contributed by atoms with Crippen LogP contribution in [0.4, 0.5) is 10.5 Å². The summed E-state index contributed by atoms with van der Waals surface area (Å²) in [6.07, 6.45) is 0.782. The predicted molar refractivity (Wildman–Crippen MR) is 100 cm³/mol. The minimum atomic E-state index is -0.741. The molecular weight excluding hydrogens is 332 g/mol. The van der Waals surface area contributed by atoms with Crippen LogP contribution in [0.5, 0.6) is 0 Å². The molecule has 1 amide bonds. The van der Waals surface area contributed by atoms with Crippen LogP contribution < -0.4 is 11.1 Å². The standard InChI is InChI=1S/C20H22N2O4/c1-13-9-16(10-14(2)18(13)21)11-17(19(23)25-3)22-20(24)26-12-15-7-5-4-6-8-15/h4-11H,12,21H2,1-3H3,(H,22,24)/b17-11-. The Morgan fingerprint density at radius 3 is 2.31 bits per heavy atom. The third kappa shape index (κ3) is 5.11. The highest BCUT2D eigenvalue weighted by atomic mass is 16.6. The molecule has 0 heterocycles. The van der Waals surface area contributed by atoms with Gasteiger partial charge < -0.3 is 15.2 Å². The zero-order valence-corrected chi connectivity index (χ0v) is 15.0. The topological polar surface area (TPSA) is 90.6 Å². The Morgan fingerprint density at radius 2 is 1.73 bits per heavy atom. The molecule has 0 fully saturated rings. The monoisotopic (exact) mass is 354 g/mol. The number of benzene rings is 2. The predicted octanol–water partition coefficient (Wildman–Crippen LogP) is 3.33. The number of esters is 1. The highest BCUT2D eigenvalue weighted by molar-refractivity contribution is 5.96. The van der Waals surface area contributed by atoms with Crippen LogP contribution in [0.25, 0.3) is 6.08 Å². The molecule has 2 rings (SSSR count).